The van der Waals surface area contributed by atoms with E-state index < -0.39 is 16.1 Å². The molecule has 0 aromatic heterocycles. The first-order valence-corrected chi connectivity index (χ1v) is 16.6. The molecule has 13 heteroatoms. The highest BCUT2D eigenvalue weighted by atomic mass is 32.2. The van der Waals surface area contributed by atoms with Crippen molar-refractivity contribution in [2.75, 3.05) is 12.3 Å². The number of primary sulfonamides is 1. The number of benzene rings is 2. The van der Waals surface area contributed by atoms with E-state index in [0.717, 1.165) is 36.8 Å². The van der Waals surface area contributed by atoms with E-state index in [1.165, 1.54) is 30.3 Å². The van der Waals surface area contributed by atoms with Crippen LogP contribution in [0.3, 0.4) is 0 Å². The van der Waals surface area contributed by atoms with Gasteiger partial charge in [-0.15, -0.1) is 0 Å². The number of fused-ring (bicyclic) bond motifs is 3. The van der Waals surface area contributed by atoms with Crippen molar-refractivity contribution in [2.24, 2.45) is 15.1 Å². The highest BCUT2D eigenvalue weighted by Gasteiger charge is 2.41. The number of sulfonamides is 1. The van der Waals surface area contributed by atoms with Crippen LogP contribution in [0.15, 0.2) is 63.4 Å². The van der Waals surface area contributed by atoms with E-state index in [1.807, 2.05) is 24.3 Å². The van der Waals surface area contributed by atoms with Gasteiger partial charge in [-0.2, -0.15) is 4.99 Å². The monoisotopic (exact) mass is 610 g/mol. The van der Waals surface area contributed by atoms with Crippen LogP contribution >= 0.6 is 11.8 Å². The molecule has 0 radical (unpaired) electrons. The summed E-state index contributed by atoms with van der Waals surface area (Å²) in [6, 6.07) is 13.2. The maximum Gasteiger partial charge on any atom is 0.270 e. The van der Waals surface area contributed by atoms with E-state index in [9.17, 15) is 22.8 Å². The van der Waals surface area contributed by atoms with Crippen LogP contribution in [0.1, 0.15) is 56.1 Å². The minimum atomic E-state index is -3.76. The third-order valence-corrected chi connectivity index (χ3v) is 9.43. The SMILES string of the molecule is NS(=O)(=O)c1ccc(CCNC(=O)CSC2=Nc3ccccc3C3=NC(=O)C(CCC(=O)NC4CCCCC4)N23)cc1. The number of amidine groups is 2. The molecule has 2 aliphatic heterocycles. The molecule has 222 valence electrons. The van der Waals surface area contributed by atoms with Gasteiger partial charge < -0.3 is 10.6 Å². The number of hydrogen-bond acceptors (Lipinski definition) is 8. The van der Waals surface area contributed by atoms with Crippen molar-refractivity contribution < 1.29 is 22.8 Å². The predicted molar refractivity (Wildman–Crippen MR) is 162 cm³/mol. The number of amides is 3. The van der Waals surface area contributed by atoms with Gasteiger partial charge >= 0.3 is 0 Å². The summed E-state index contributed by atoms with van der Waals surface area (Å²) < 4.78 is 22.9. The minimum Gasteiger partial charge on any atom is -0.355 e. The zero-order valence-electron chi connectivity index (χ0n) is 23.1. The Morgan fingerprint density at radius 2 is 1.74 bits per heavy atom. The molecule has 3 aliphatic rings. The third kappa shape index (κ3) is 7.26. The number of nitrogens with one attached hydrogen (secondary N) is 2. The van der Waals surface area contributed by atoms with Crippen molar-refractivity contribution in [3.05, 3.63) is 59.7 Å². The summed E-state index contributed by atoms with van der Waals surface area (Å²) in [5.74, 6) is -0.0360. The number of rotatable bonds is 10. The van der Waals surface area contributed by atoms with Gasteiger partial charge in [0.1, 0.15) is 11.9 Å². The van der Waals surface area contributed by atoms with Crippen molar-refractivity contribution in [3.63, 3.8) is 0 Å². The fourth-order valence-corrected chi connectivity index (χ4v) is 6.76. The number of para-hydroxylation sites is 1. The molecule has 3 amide bonds. The maximum absolute atomic E-state index is 13.0. The molecule has 0 saturated heterocycles. The second-order valence-electron chi connectivity index (χ2n) is 10.6. The average molecular weight is 611 g/mol. The molecule has 2 aromatic carbocycles. The molecule has 5 rings (SSSR count). The van der Waals surface area contributed by atoms with Crippen LogP contribution in [0, 0.1) is 0 Å². The molecule has 42 heavy (non-hydrogen) atoms. The Morgan fingerprint density at radius 3 is 2.48 bits per heavy atom. The smallest absolute Gasteiger partial charge is 0.270 e. The van der Waals surface area contributed by atoms with Gasteiger partial charge in [0.05, 0.1) is 16.3 Å². The standard InChI is InChI=1S/C29H34N6O5S2/c30-42(39,40)21-12-10-19(11-13-21)16-17-31-26(37)18-41-29-33-23-9-5-4-8-22(23)27-34-28(38)24(35(27)29)14-15-25(36)32-20-6-2-1-3-7-20/h4-5,8-13,20,24H,1-3,6-7,14-18H2,(H,31,37)(H,32,36)(H2,30,39,40). The van der Waals surface area contributed by atoms with E-state index >= 15 is 0 Å². The molecule has 1 saturated carbocycles. The van der Waals surface area contributed by atoms with Gasteiger partial charge in [-0.05, 0) is 55.5 Å². The second kappa shape index (κ2) is 13.2. The van der Waals surface area contributed by atoms with Crippen molar-refractivity contribution in [3.8, 4) is 0 Å². The highest BCUT2D eigenvalue weighted by Crippen LogP contribution is 2.35. The summed E-state index contributed by atoms with van der Waals surface area (Å²) in [6.07, 6.45) is 6.43. The lowest BCUT2D eigenvalue weighted by atomic mass is 9.95. The van der Waals surface area contributed by atoms with E-state index in [2.05, 4.69) is 15.6 Å². The molecule has 1 atom stereocenters. The fraction of sp³-hybridized carbons (Fsp3) is 0.414. The average Bonchev–Trinajstić information content (AvgIpc) is 3.31. The van der Waals surface area contributed by atoms with Gasteiger partial charge in [-0.1, -0.05) is 55.3 Å². The number of thioether (sulfide) groups is 1. The summed E-state index contributed by atoms with van der Waals surface area (Å²) >= 11 is 1.21. The minimum absolute atomic E-state index is 0.0352. The van der Waals surface area contributed by atoms with Gasteiger partial charge in [0.2, 0.25) is 21.8 Å². The molecule has 0 spiro atoms. The Bertz CT molecular complexity index is 1520. The Labute approximate surface area is 249 Å². The van der Waals surface area contributed by atoms with Crippen LogP contribution in [0.2, 0.25) is 0 Å². The Hall–Kier alpha value is -3.55. The van der Waals surface area contributed by atoms with Gasteiger partial charge in [0.15, 0.2) is 5.17 Å². The molecule has 0 bridgehead atoms. The molecule has 2 heterocycles. The third-order valence-electron chi connectivity index (χ3n) is 7.54. The summed E-state index contributed by atoms with van der Waals surface area (Å²) in [7, 11) is -3.76. The van der Waals surface area contributed by atoms with E-state index in [1.54, 1.807) is 17.0 Å². The Morgan fingerprint density at radius 1 is 1.00 bits per heavy atom. The number of nitrogens with two attached hydrogens (primary N) is 1. The Balaban J connectivity index is 1.19. The van der Waals surface area contributed by atoms with Gasteiger partial charge in [0.25, 0.3) is 5.91 Å². The molecular weight excluding hydrogens is 576 g/mol. The topological polar surface area (TPSA) is 163 Å². The lowest BCUT2D eigenvalue weighted by molar-refractivity contribution is -0.123. The first-order chi connectivity index (χ1) is 20.2. The van der Waals surface area contributed by atoms with Crippen LogP contribution in [-0.4, -0.2) is 66.4 Å². The second-order valence-corrected chi connectivity index (χ2v) is 13.1. The number of carbonyl (C=O) groups is 3. The molecule has 1 fully saturated rings. The van der Waals surface area contributed by atoms with Gasteiger partial charge in [-0.3, -0.25) is 19.3 Å². The summed E-state index contributed by atoms with van der Waals surface area (Å²) in [5.41, 5.74) is 2.26. The first kappa shape index (κ1) is 29.9. The molecule has 4 N–H and O–H groups in total. The van der Waals surface area contributed by atoms with Crippen LogP contribution < -0.4 is 15.8 Å². The fourth-order valence-electron chi connectivity index (χ4n) is 5.36. The number of nitrogens with zero attached hydrogens (tertiary/aromatic N) is 3. The van der Waals surface area contributed by atoms with Crippen molar-refractivity contribution in [2.45, 2.75) is 68.3 Å². The number of hydrogen-bond donors (Lipinski definition) is 3. The first-order valence-electron chi connectivity index (χ1n) is 14.1. The summed E-state index contributed by atoms with van der Waals surface area (Å²) in [6.45, 7) is 0.358. The van der Waals surface area contributed by atoms with Crippen molar-refractivity contribution >= 4 is 56.2 Å². The summed E-state index contributed by atoms with van der Waals surface area (Å²) in [5, 5.41) is 11.6. The largest absolute Gasteiger partial charge is 0.355 e. The van der Waals surface area contributed by atoms with Crippen LogP contribution in [0.4, 0.5) is 5.69 Å². The quantitative estimate of drug-likeness (QED) is 0.372. The van der Waals surface area contributed by atoms with E-state index in [-0.39, 0.29) is 40.8 Å². The molecule has 11 nitrogen and oxygen atoms in total. The van der Waals surface area contributed by atoms with E-state index in [0.29, 0.717) is 36.1 Å². The highest BCUT2D eigenvalue weighted by molar-refractivity contribution is 8.14. The van der Waals surface area contributed by atoms with Crippen molar-refractivity contribution in [1.82, 2.24) is 15.5 Å². The van der Waals surface area contributed by atoms with E-state index in [4.69, 9.17) is 10.1 Å². The van der Waals surface area contributed by atoms with Crippen LogP contribution in [0.25, 0.3) is 0 Å². The van der Waals surface area contributed by atoms with Gasteiger partial charge in [-0.25, -0.2) is 18.5 Å². The normalized spacial score (nSPS) is 18.5. The number of aliphatic imine (C=N–C) groups is 2. The van der Waals surface area contributed by atoms with Gasteiger partial charge in [0, 0.05) is 24.6 Å². The van der Waals surface area contributed by atoms with Crippen LogP contribution in [-0.2, 0) is 30.8 Å². The molecule has 1 unspecified atom stereocenters. The van der Waals surface area contributed by atoms with Crippen LogP contribution in [0.5, 0.6) is 0 Å². The Kier molecular flexibility index (Phi) is 9.39. The molecule has 2 aromatic rings. The maximum atomic E-state index is 13.0. The zero-order valence-corrected chi connectivity index (χ0v) is 24.8. The van der Waals surface area contributed by atoms with Crippen molar-refractivity contribution in [1.29, 1.82) is 0 Å². The lowest BCUT2D eigenvalue weighted by Gasteiger charge is -2.31. The predicted octanol–water partition coefficient (Wildman–Crippen LogP) is 2.61. The summed E-state index contributed by atoms with van der Waals surface area (Å²) in [4.78, 5) is 49.3. The zero-order chi connectivity index (χ0) is 29.7. The molecule has 1 aliphatic carbocycles. The lowest BCUT2D eigenvalue weighted by Crippen LogP contribution is -2.45. The molecular formula is C29H34N6O5S2. The number of carbonyl (C=O) groups excluding carboxylic acids is 3.